The van der Waals surface area contributed by atoms with Gasteiger partial charge in [-0.1, -0.05) is 59.2 Å². The molecular weight excluding hydrogens is 492 g/mol. The zero-order valence-electron chi connectivity index (χ0n) is 25.0. The van der Waals surface area contributed by atoms with Gasteiger partial charge in [0.2, 0.25) is 5.91 Å². The molecule has 1 aliphatic rings. The third-order valence-electron chi connectivity index (χ3n) is 8.07. The van der Waals surface area contributed by atoms with Crippen LogP contribution in [0.1, 0.15) is 76.2 Å². The standard InChI is InChI=1S/C31H54N4O4/c1-6-7-13-33-31(38)27(23(4)5)20-29(36)28(32)19-25(22(2)3)21-34-30(37)26-11-9-8-10-24(26)12-14-35-15-17-39-18-16-35/h8-11,22-23,25,27-29,36H,6-7,12-21,32H2,1-5H3,(H,33,38)(H,34,37). The predicted molar refractivity (Wildman–Crippen MR) is 158 cm³/mol. The number of carbonyl (C=O) groups is 2. The van der Waals surface area contributed by atoms with Crippen molar-refractivity contribution < 1.29 is 19.4 Å². The van der Waals surface area contributed by atoms with Crippen molar-refractivity contribution in [2.45, 2.75) is 78.9 Å². The molecule has 39 heavy (non-hydrogen) atoms. The highest BCUT2D eigenvalue weighted by Crippen LogP contribution is 2.23. The molecule has 0 aliphatic carbocycles. The van der Waals surface area contributed by atoms with Gasteiger partial charge in [-0.25, -0.2) is 0 Å². The van der Waals surface area contributed by atoms with Gasteiger partial charge in [-0.3, -0.25) is 14.5 Å². The van der Waals surface area contributed by atoms with Crippen molar-refractivity contribution in [1.29, 1.82) is 0 Å². The third kappa shape index (κ3) is 11.6. The van der Waals surface area contributed by atoms with Gasteiger partial charge < -0.3 is 26.2 Å². The lowest BCUT2D eigenvalue weighted by Gasteiger charge is -2.30. The van der Waals surface area contributed by atoms with Gasteiger partial charge in [-0.2, -0.15) is 0 Å². The highest BCUT2D eigenvalue weighted by molar-refractivity contribution is 5.95. The molecule has 0 aromatic heterocycles. The monoisotopic (exact) mass is 546 g/mol. The van der Waals surface area contributed by atoms with E-state index < -0.39 is 12.1 Å². The maximum Gasteiger partial charge on any atom is 0.251 e. The first-order valence-electron chi connectivity index (χ1n) is 15.0. The van der Waals surface area contributed by atoms with E-state index >= 15 is 0 Å². The fourth-order valence-corrected chi connectivity index (χ4v) is 5.12. The Morgan fingerprint density at radius 2 is 1.74 bits per heavy atom. The first-order chi connectivity index (χ1) is 18.6. The van der Waals surface area contributed by atoms with Gasteiger partial charge in [0, 0.05) is 50.2 Å². The Hall–Kier alpha value is -2.00. The van der Waals surface area contributed by atoms with E-state index in [1.165, 1.54) is 0 Å². The van der Waals surface area contributed by atoms with Gasteiger partial charge in [-0.05, 0) is 55.1 Å². The summed E-state index contributed by atoms with van der Waals surface area (Å²) in [6.45, 7) is 15.8. The fourth-order valence-electron chi connectivity index (χ4n) is 5.12. The third-order valence-corrected chi connectivity index (χ3v) is 8.07. The molecule has 1 aromatic rings. The zero-order chi connectivity index (χ0) is 28.8. The van der Waals surface area contributed by atoms with Crippen molar-refractivity contribution in [3.8, 4) is 0 Å². The molecule has 1 aliphatic heterocycles. The van der Waals surface area contributed by atoms with Crippen molar-refractivity contribution in [3.05, 3.63) is 35.4 Å². The Labute approximate surface area is 236 Å². The number of nitrogens with two attached hydrogens (primary N) is 1. The number of carbonyl (C=O) groups excluding carboxylic acids is 2. The molecule has 1 heterocycles. The van der Waals surface area contributed by atoms with Crippen LogP contribution in [0.15, 0.2) is 24.3 Å². The van der Waals surface area contributed by atoms with Gasteiger partial charge in [0.1, 0.15) is 0 Å². The van der Waals surface area contributed by atoms with Crippen LogP contribution in [0.3, 0.4) is 0 Å². The molecule has 5 N–H and O–H groups in total. The molecule has 2 amide bonds. The summed E-state index contributed by atoms with van der Waals surface area (Å²) in [5.74, 6) is 0.125. The lowest BCUT2D eigenvalue weighted by Crippen LogP contribution is -2.44. The summed E-state index contributed by atoms with van der Waals surface area (Å²) < 4.78 is 5.44. The Morgan fingerprint density at radius 3 is 2.38 bits per heavy atom. The summed E-state index contributed by atoms with van der Waals surface area (Å²) in [5.41, 5.74) is 8.23. The number of morpholine rings is 1. The quantitative estimate of drug-likeness (QED) is 0.223. The van der Waals surface area contributed by atoms with E-state index in [-0.39, 0.29) is 35.5 Å². The van der Waals surface area contributed by atoms with Crippen molar-refractivity contribution >= 4 is 11.8 Å². The Kier molecular flexibility index (Phi) is 15.0. The second-order valence-corrected chi connectivity index (χ2v) is 11.8. The van der Waals surface area contributed by atoms with Crippen molar-refractivity contribution in [3.63, 3.8) is 0 Å². The Morgan fingerprint density at radius 1 is 1.05 bits per heavy atom. The minimum absolute atomic E-state index is 0.00958. The van der Waals surface area contributed by atoms with Gasteiger partial charge in [0.15, 0.2) is 0 Å². The number of hydrogen-bond acceptors (Lipinski definition) is 6. The second kappa shape index (κ2) is 17.6. The first-order valence-corrected chi connectivity index (χ1v) is 15.0. The molecule has 8 heteroatoms. The summed E-state index contributed by atoms with van der Waals surface area (Å²) in [6.07, 6.45) is 2.90. The van der Waals surface area contributed by atoms with Gasteiger partial charge in [0.25, 0.3) is 5.91 Å². The summed E-state index contributed by atoms with van der Waals surface area (Å²) in [6, 6.07) is 7.34. The summed E-state index contributed by atoms with van der Waals surface area (Å²) in [5, 5.41) is 17.1. The van der Waals surface area contributed by atoms with Crippen LogP contribution in [0.25, 0.3) is 0 Å². The number of nitrogens with zero attached hydrogens (tertiary/aromatic N) is 1. The summed E-state index contributed by atoms with van der Waals surface area (Å²) in [4.78, 5) is 28.3. The van der Waals surface area contributed by atoms with E-state index in [1.807, 2.05) is 38.1 Å². The second-order valence-electron chi connectivity index (χ2n) is 11.8. The molecule has 8 nitrogen and oxygen atoms in total. The smallest absolute Gasteiger partial charge is 0.251 e. The number of aliphatic hydroxyl groups is 1. The maximum absolute atomic E-state index is 13.2. The van der Waals surface area contributed by atoms with Gasteiger partial charge in [-0.15, -0.1) is 0 Å². The normalized spacial score (nSPS) is 17.6. The molecule has 1 saturated heterocycles. The van der Waals surface area contributed by atoms with E-state index in [0.717, 1.165) is 57.7 Å². The van der Waals surface area contributed by atoms with Crippen LogP contribution < -0.4 is 16.4 Å². The largest absolute Gasteiger partial charge is 0.391 e. The molecule has 1 fully saturated rings. The molecule has 222 valence electrons. The topological polar surface area (TPSA) is 117 Å². The average Bonchev–Trinajstić information content (AvgIpc) is 2.92. The SMILES string of the molecule is CCCCNC(=O)C(CC(O)C(N)CC(CNC(=O)c1ccccc1CCN1CCOCC1)C(C)C)C(C)C. The minimum atomic E-state index is -0.785. The predicted octanol–water partition coefficient (Wildman–Crippen LogP) is 3.22. The number of aliphatic hydroxyl groups excluding tert-OH is 1. The van der Waals surface area contributed by atoms with E-state index in [9.17, 15) is 14.7 Å². The van der Waals surface area contributed by atoms with E-state index in [0.29, 0.717) is 31.5 Å². The Bertz CT molecular complexity index is 857. The first kappa shape index (κ1) is 33.2. The Balaban J connectivity index is 1.92. The molecule has 0 radical (unpaired) electrons. The molecule has 1 aromatic carbocycles. The highest BCUT2D eigenvalue weighted by Gasteiger charge is 2.29. The van der Waals surface area contributed by atoms with Crippen LogP contribution in [-0.4, -0.2) is 79.9 Å². The molecule has 2 rings (SSSR count). The highest BCUT2D eigenvalue weighted by atomic mass is 16.5. The van der Waals surface area contributed by atoms with Crippen LogP contribution >= 0.6 is 0 Å². The summed E-state index contributed by atoms with van der Waals surface area (Å²) in [7, 11) is 0. The molecular formula is C31H54N4O4. The molecule has 0 saturated carbocycles. The number of rotatable bonds is 17. The van der Waals surface area contributed by atoms with E-state index in [4.69, 9.17) is 10.5 Å². The minimum Gasteiger partial charge on any atom is -0.391 e. The van der Waals surface area contributed by atoms with Crippen molar-refractivity contribution in [2.75, 3.05) is 45.9 Å². The number of unbranched alkanes of at least 4 members (excludes halogenated alkanes) is 1. The van der Waals surface area contributed by atoms with E-state index in [2.05, 4.69) is 36.3 Å². The lowest BCUT2D eigenvalue weighted by molar-refractivity contribution is -0.127. The van der Waals surface area contributed by atoms with Crippen LogP contribution in [0, 0.1) is 23.7 Å². The van der Waals surface area contributed by atoms with Crippen LogP contribution in [0.5, 0.6) is 0 Å². The molecule has 4 unspecified atom stereocenters. The number of nitrogens with one attached hydrogen (secondary N) is 2. The van der Waals surface area contributed by atoms with Crippen LogP contribution in [0.2, 0.25) is 0 Å². The van der Waals surface area contributed by atoms with Crippen LogP contribution in [0.4, 0.5) is 0 Å². The van der Waals surface area contributed by atoms with Crippen molar-refractivity contribution in [2.24, 2.45) is 29.4 Å². The van der Waals surface area contributed by atoms with E-state index in [1.54, 1.807) is 0 Å². The number of benzene rings is 1. The molecule has 0 spiro atoms. The van der Waals surface area contributed by atoms with Gasteiger partial charge in [0.05, 0.1) is 19.3 Å². The molecule has 4 atom stereocenters. The fraction of sp³-hybridized carbons (Fsp3) is 0.742. The number of ether oxygens (including phenoxy) is 1. The average molecular weight is 547 g/mol. The van der Waals surface area contributed by atoms with Crippen molar-refractivity contribution in [1.82, 2.24) is 15.5 Å². The number of amides is 2. The zero-order valence-corrected chi connectivity index (χ0v) is 25.0. The maximum atomic E-state index is 13.2. The number of hydrogen-bond donors (Lipinski definition) is 4. The lowest BCUT2D eigenvalue weighted by atomic mass is 9.83. The summed E-state index contributed by atoms with van der Waals surface area (Å²) >= 11 is 0. The molecule has 0 bridgehead atoms. The van der Waals surface area contributed by atoms with Crippen LogP contribution in [-0.2, 0) is 16.0 Å². The van der Waals surface area contributed by atoms with Gasteiger partial charge >= 0.3 is 0 Å².